The number of allylic oxidation sites excluding steroid dienone is 1. The summed E-state index contributed by atoms with van der Waals surface area (Å²) in [4.78, 5) is 11.8. The number of halogens is 2. The van der Waals surface area contributed by atoms with Crippen molar-refractivity contribution < 1.29 is 13.6 Å². The summed E-state index contributed by atoms with van der Waals surface area (Å²) >= 11 is 0. The van der Waals surface area contributed by atoms with Crippen LogP contribution in [0.25, 0.3) is 6.08 Å². The number of hydrogen-bond acceptors (Lipinski definition) is 1. The van der Waals surface area contributed by atoms with Crippen LogP contribution in [0.3, 0.4) is 0 Å². The van der Waals surface area contributed by atoms with E-state index in [4.69, 9.17) is 0 Å². The Hall–Kier alpha value is -2.29. The molecule has 0 bridgehead atoms. The fraction of sp³-hybridized carbons (Fsp3) is 0.0625. The average molecular weight is 258 g/mol. The number of benzene rings is 2. The van der Waals surface area contributed by atoms with Crippen molar-refractivity contribution in [1.82, 2.24) is 0 Å². The second-order valence-corrected chi connectivity index (χ2v) is 4.18. The SMILES string of the molecule is Cc1ccccc1/C=C/C(=O)c1cc(F)ccc1F. The Morgan fingerprint density at radius 2 is 1.84 bits per heavy atom. The zero-order chi connectivity index (χ0) is 13.8. The molecule has 3 heteroatoms. The minimum absolute atomic E-state index is 0.259. The monoisotopic (exact) mass is 258 g/mol. The molecule has 2 aromatic rings. The second kappa shape index (κ2) is 5.57. The van der Waals surface area contributed by atoms with E-state index in [2.05, 4.69) is 0 Å². The van der Waals surface area contributed by atoms with Gasteiger partial charge in [-0.2, -0.15) is 0 Å². The molecule has 0 N–H and O–H groups in total. The van der Waals surface area contributed by atoms with Crippen molar-refractivity contribution in [2.45, 2.75) is 6.92 Å². The van der Waals surface area contributed by atoms with Crippen molar-refractivity contribution in [3.05, 3.63) is 76.9 Å². The topological polar surface area (TPSA) is 17.1 Å². The Balaban J connectivity index is 2.26. The van der Waals surface area contributed by atoms with Crippen molar-refractivity contribution in [2.24, 2.45) is 0 Å². The molecule has 0 aliphatic carbocycles. The van der Waals surface area contributed by atoms with Gasteiger partial charge in [-0.3, -0.25) is 4.79 Å². The molecule has 0 aliphatic heterocycles. The van der Waals surface area contributed by atoms with Gasteiger partial charge in [0.2, 0.25) is 0 Å². The van der Waals surface area contributed by atoms with Crippen LogP contribution in [-0.2, 0) is 0 Å². The summed E-state index contributed by atoms with van der Waals surface area (Å²) in [5.74, 6) is -1.91. The van der Waals surface area contributed by atoms with Gasteiger partial charge in [-0.25, -0.2) is 8.78 Å². The molecule has 0 saturated heterocycles. The highest BCUT2D eigenvalue weighted by atomic mass is 19.1. The minimum Gasteiger partial charge on any atom is -0.289 e. The van der Waals surface area contributed by atoms with Gasteiger partial charge < -0.3 is 0 Å². The molecule has 96 valence electrons. The zero-order valence-electron chi connectivity index (χ0n) is 10.4. The van der Waals surface area contributed by atoms with Crippen molar-refractivity contribution >= 4 is 11.9 Å². The smallest absolute Gasteiger partial charge is 0.188 e. The van der Waals surface area contributed by atoms with Gasteiger partial charge >= 0.3 is 0 Å². The summed E-state index contributed by atoms with van der Waals surface area (Å²) in [7, 11) is 0. The van der Waals surface area contributed by atoms with E-state index in [0.717, 1.165) is 29.3 Å². The fourth-order valence-electron chi connectivity index (χ4n) is 1.72. The number of carbonyl (C=O) groups is 1. The third-order valence-corrected chi connectivity index (χ3v) is 2.80. The molecule has 2 aromatic carbocycles. The Morgan fingerprint density at radius 1 is 1.11 bits per heavy atom. The van der Waals surface area contributed by atoms with Crippen LogP contribution in [-0.4, -0.2) is 5.78 Å². The molecule has 0 fully saturated rings. The van der Waals surface area contributed by atoms with Crippen LogP contribution < -0.4 is 0 Å². The van der Waals surface area contributed by atoms with Crippen LogP contribution >= 0.6 is 0 Å². The van der Waals surface area contributed by atoms with Gasteiger partial charge in [-0.15, -0.1) is 0 Å². The molecule has 0 spiro atoms. The molecule has 2 rings (SSSR count). The van der Waals surface area contributed by atoms with Crippen LogP contribution in [0.4, 0.5) is 8.78 Å². The number of ketones is 1. The summed E-state index contributed by atoms with van der Waals surface area (Å²) in [5, 5.41) is 0. The molecular formula is C16H12F2O. The lowest BCUT2D eigenvalue weighted by atomic mass is 10.1. The standard InChI is InChI=1S/C16H12F2O/c1-11-4-2-3-5-12(11)6-9-16(19)14-10-13(17)7-8-15(14)18/h2-10H,1H3/b9-6+. The van der Waals surface area contributed by atoms with Gasteiger partial charge in [0.25, 0.3) is 0 Å². The van der Waals surface area contributed by atoms with E-state index in [1.165, 1.54) is 6.08 Å². The first kappa shape index (κ1) is 13.1. The maximum absolute atomic E-state index is 13.4. The van der Waals surface area contributed by atoms with Gasteiger partial charge in [-0.1, -0.05) is 30.3 Å². The first-order valence-electron chi connectivity index (χ1n) is 5.81. The normalized spacial score (nSPS) is 10.9. The number of aryl methyl sites for hydroxylation is 1. The highest BCUT2D eigenvalue weighted by Crippen LogP contribution is 2.13. The van der Waals surface area contributed by atoms with Gasteiger partial charge in [0.05, 0.1) is 5.56 Å². The predicted octanol–water partition coefficient (Wildman–Crippen LogP) is 4.17. The molecular weight excluding hydrogens is 246 g/mol. The Kier molecular flexibility index (Phi) is 3.85. The Bertz CT molecular complexity index is 645. The summed E-state index contributed by atoms with van der Waals surface area (Å²) in [6.45, 7) is 1.91. The number of rotatable bonds is 3. The summed E-state index contributed by atoms with van der Waals surface area (Å²) in [6, 6.07) is 10.3. The molecule has 0 aliphatic rings. The molecule has 0 aromatic heterocycles. The number of carbonyl (C=O) groups excluding carboxylic acids is 1. The van der Waals surface area contributed by atoms with E-state index in [-0.39, 0.29) is 5.56 Å². The summed E-state index contributed by atoms with van der Waals surface area (Å²) < 4.78 is 26.4. The molecule has 0 atom stereocenters. The van der Waals surface area contributed by atoms with Crippen LogP contribution in [0, 0.1) is 18.6 Å². The quantitative estimate of drug-likeness (QED) is 0.596. The van der Waals surface area contributed by atoms with E-state index < -0.39 is 17.4 Å². The third-order valence-electron chi connectivity index (χ3n) is 2.80. The Labute approximate surface area is 110 Å². The molecule has 0 saturated carbocycles. The van der Waals surface area contributed by atoms with Gasteiger partial charge in [0.15, 0.2) is 5.78 Å². The summed E-state index contributed by atoms with van der Waals surface area (Å²) in [5.41, 5.74) is 1.61. The lowest BCUT2D eigenvalue weighted by Crippen LogP contribution is -1.99. The molecule has 0 radical (unpaired) electrons. The lowest BCUT2D eigenvalue weighted by Gasteiger charge is -2.00. The van der Waals surface area contributed by atoms with Crippen molar-refractivity contribution in [1.29, 1.82) is 0 Å². The van der Waals surface area contributed by atoms with E-state index in [1.807, 2.05) is 31.2 Å². The lowest BCUT2D eigenvalue weighted by molar-refractivity contribution is 0.104. The number of hydrogen-bond donors (Lipinski definition) is 0. The zero-order valence-corrected chi connectivity index (χ0v) is 10.4. The van der Waals surface area contributed by atoms with E-state index in [1.54, 1.807) is 6.08 Å². The molecule has 19 heavy (non-hydrogen) atoms. The second-order valence-electron chi connectivity index (χ2n) is 4.18. The summed E-state index contributed by atoms with van der Waals surface area (Å²) in [6.07, 6.45) is 2.85. The van der Waals surface area contributed by atoms with Crippen LogP contribution in [0.5, 0.6) is 0 Å². The van der Waals surface area contributed by atoms with E-state index in [0.29, 0.717) is 0 Å². The third kappa shape index (κ3) is 3.13. The van der Waals surface area contributed by atoms with Crippen LogP contribution in [0.15, 0.2) is 48.5 Å². The van der Waals surface area contributed by atoms with E-state index >= 15 is 0 Å². The highest BCUT2D eigenvalue weighted by molar-refractivity contribution is 6.07. The Morgan fingerprint density at radius 3 is 2.58 bits per heavy atom. The fourth-order valence-corrected chi connectivity index (χ4v) is 1.72. The first-order valence-corrected chi connectivity index (χ1v) is 5.81. The molecule has 1 nitrogen and oxygen atoms in total. The van der Waals surface area contributed by atoms with Gasteiger partial charge in [0, 0.05) is 0 Å². The van der Waals surface area contributed by atoms with Crippen LogP contribution in [0.1, 0.15) is 21.5 Å². The maximum Gasteiger partial charge on any atom is 0.188 e. The van der Waals surface area contributed by atoms with Crippen molar-refractivity contribution in [2.75, 3.05) is 0 Å². The minimum atomic E-state index is -0.721. The van der Waals surface area contributed by atoms with Gasteiger partial charge in [-0.05, 0) is 42.3 Å². The average Bonchev–Trinajstić information content (AvgIpc) is 2.40. The largest absolute Gasteiger partial charge is 0.289 e. The predicted molar refractivity (Wildman–Crippen MR) is 70.9 cm³/mol. The van der Waals surface area contributed by atoms with Crippen molar-refractivity contribution in [3.63, 3.8) is 0 Å². The molecule has 0 heterocycles. The van der Waals surface area contributed by atoms with E-state index in [9.17, 15) is 13.6 Å². The van der Waals surface area contributed by atoms with Crippen molar-refractivity contribution in [3.8, 4) is 0 Å². The molecule has 0 amide bonds. The van der Waals surface area contributed by atoms with Crippen LogP contribution in [0.2, 0.25) is 0 Å². The van der Waals surface area contributed by atoms with Gasteiger partial charge in [0.1, 0.15) is 11.6 Å². The maximum atomic E-state index is 13.4. The highest BCUT2D eigenvalue weighted by Gasteiger charge is 2.09. The first-order chi connectivity index (χ1) is 9.08. The molecule has 0 unspecified atom stereocenters.